The van der Waals surface area contributed by atoms with Gasteiger partial charge in [0, 0.05) is 17.4 Å². The van der Waals surface area contributed by atoms with Crippen LogP contribution in [-0.4, -0.2) is 11.6 Å². The number of hydrogen-bond donors (Lipinski definition) is 0. The Morgan fingerprint density at radius 3 is 2.60 bits per heavy atom. The molecule has 2 saturated carbocycles. The molecular formula is C22H20O3. The molecule has 25 heavy (non-hydrogen) atoms. The minimum absolute atomic E-state index is 0.00391. The molecule has 0 aromatic heterocycles. The van der Waals surface area contributed by atoms with Gasteiger partial charge in [0.25, 0.3) is 0 Å². The summed E-state index contributed by atoms with van der Waals surface area (Å²) >= 11 is 0. The highest BCUT2D eigenvalue weighted by Crippen LogP contribution is 2.63. The minimum atomic E-state index is -0.153. The van der Waals surface area contributed by atoms with E-state index in [4.69, 9.17) is 4.74 Å². The average Bonchev–Trinajstić information content (AvgIpc) is 3.14. The van der Waals surface area contributed by atoms with Crippen LogP contribution in [0.5, 0.6) is 11.5 Å². The summed E-state index contributed by atoms with van der Waals surface area (Å²) in [4.78, 5) is 26.6. The maximum atomic E-state index is 13.4. The number of ether oxygens (including phenoxy) is 1. The van der Waals surface area contributed by atoms with Crippen LogP contribution in [0.25, 0.3) is 0 Å². The molecule has 2 bridgehead atoms. The van der Waals surface area contributed by atoms with Crippen LogP contribution >= 0.6 is 0 Å². The van der Waals surface area contributed by atoms with Gasteiger partial charge in [-0.25, -0.2) is 0 Å². The number of rotatable bonds is 2. The molecule has 3 nitrogen and oxygen atoms in total. The second-order valence-electron chi connectivity index (χ2n) is 7.98. The molecule has 0 saturated heterocycles. The van der Waals surface area contributed by atoms with Gasteiger partial charge in [0.2, 0.25) is 0 Å². The van der Waals surface area contributed by atoms with E-state index in [1.807, 2.05) is 36.4 Å². The maximum Gasteiger partial charge on any atom is 0.171 e. The van der Waals surface area contributed by atoms with Crippen molar-refractivity contribution in [2.75, 3.05) is 0 Å². The zero-order chi connectivity index (χ0) is 17.2. The summed E-state index contributed by atoms with van der Waals surface area (Å²) in [7, 11) is 0. The number of benzene rings is 2. The van der Waals surface area contributed by atoms with Crippen molar-refractivity contribution in [3.63, 3.8) is 0 Å². The lowest BCUT2D eigenvalue weighted by Gasteiger charge is -2.38. The summed E-state index contributed by atoms with van der Waals surface area (Å²) < 4.78 is 5.98. The van der Waals surface area contributed by atoms with Crippen molar-refractivity contribution in [1.29, 1.82) is 0 Å². The van der Waals surface area contributed by atoms with Gasteiger partial charge in [0.05, 0.1) is 5.56 Å². The van der Waals surface area contributed by atoms with Gasteiger partial charge in [-0.15, -0.1) is 0 Å². The van der Waals surface area contributed by atoms with Crippen molar-refractivity contribution < 1.29 is 14.3 Å². The number of Topliss-reactive ketones (excluding diaryl/α,β-unsaturated/α-hetero) is 2. The van der Waals surface area contributed by atoms with Crippen LogP contribution in [0.15, 0.2) is 48.5 Å². The maximum absolute atomic E-state index is 13.4. The fourth-order valence-electron chi connectivity index (χ4n) is 5.48. The Hall–Kier alpha value is -2.42. The fraction of sp³-hybridized carbons (Fsp3) is 0.364. The first kappa shape index (κ1) is 14.9. The Balaban J connectivity index is 1.63. The molecular weight excluding hydrogens is 312 g/mol. The summed E-state index contributed by atoms with van der Waals surface area (Å²) in [5.41, 5.74) is 1.04. The van der Waals surface area contributed by atoms with E-state index in [0.717, 1.165) is 19.3 Å². The number of fused-ring (bicyclic) bond motifs is 6. The van der Waals surface area contributed by atoms with E-state index in [1.165, 1.54) is 0 Å². The van der Waals surface area contributed by atoms with Crippen LogP contribution in [0.4, 0.5) is 0 Å². The molecule has 4 atom stereocenters. The second-order valence-corrected chi connectivity index (χ2v) is 7.98. The van der Waals surface area contributed by atoms with Gasteiger partial charge in [0.15, 0.2) is 11.6 Å². The van der Waals surface area contributed by atoms with Crippen molar-refractivity contribution >= 4 is 11.6 Å². The van der Waals surface area contributed by atoms with Gasteiger partial charge in [-0.3, -0.25) is 9.59 Å². The van der Waals surface area contributed by atoms with Crippen molar-refractivity contribution in [3.8, 4) is 11.5 Å². The first-order valence-corrected chi connectivity index (χ1v) is 9.03. The van der Waals surface area contributed by atoms with E-state index in [2.05, 4.69) is 6.92 Å². The van der Waals surface area contributed by atoms with Gasteiger partial charge in [-0.1, -0.05) is 37.3 Å². The monoisotopic (exact) mass is 332 g/mol. The van der Waals surface area contributed by atoms with Gasteiger partial charge in [-0.05, 0) is 48.8 Å². The van der Waals surface area contributed by atoms with Crippen LogP contribution in [0, 0.1) is 23.2 Å². The zero-order valence-electron chi connectivity index (χ0n) is 14.2. The minimum Gasteiger partial charge on any atom is -0.457 e. The predicted molar refractivity (Wildman–Crippen MR) is 94.0 cm³/mol. The highest BCUT2D eigenvalue weighted by Gasteiger charge is 2.62. The Bertz CT molecular complexity index is 885. The van der Waals surface area contributed by atoms with E-state index >= 15 is 0 Å². The molecule has 126 valence electrons. The lowest BCUT2D eigenvalue weighted by molar-refractivity contribution is 0.0570. The van der Waals surface area contributed by atoms with Crippen molar-refractivity contribution in [3.05, 3.63) is 59.7 Å². The molecule has 0 N–H and O–H groups in total. The Labute approximate surface area is 147 Å². The van der Waals surface area contributed by atoms with E-state index in [-0.39, 0.29) is 28.8 Å². The average molecular weight is 332 g/mol. The summed E-state index contributed by atoms with van der Waals surface area (Å²) in [6, 6.07) is 14.8. The molecule has 0 aliphatic heterocycles. The standard InChI is InChI=1S/C22H20O3/c1-22-11-10-13(12-22)17-19(22)20(23)15-8-5-9-16(18(15)21(17)24)25-14-6-3-2-4-7-14/h2-9,13,17,19H,10-12H2,1H3. The summed E-state index contributed by atoms with van der Waals surface area (Å²) in [6.07, 6.45) is 3.13. The Morgan fingerprint density at radius 2 is 1.80 bits per heavy atom. The molecule has 0 radical (unpaired) electrons. The molecule has 2 aromatic carbocycles. The number of carbonyl (C=O) groups excluding carboxylic acids is 2. The number of carbonyl (C=O) groups is 2. The van der Waals surface area contributed by atoms with Crippen LogP contribution in [-0.2, 0) is 0 Å². The van der Waals surface area contributed by atoms with E-state index in [1.54, 1.807) is 12.1 Å². The van der Waals surface area contributed by atoms with E-state index < -0.39 is 0 Å². The van der Waals surface area contributed by atoms with Crippen LogP contribution < -0.4 is 4.74 Å². The number of hydrogen-bond acceptors (Lipinski definition) is 3. The first-order chi connectivity index (χ1) is 12.1. The third kappa shape index (κ3) is 1.98. The summed E-state index contributed by atoms with van der Waals surface area (Å²) in [5.74, 6) is 1.50. The quantitative estimate of drug-likeness (QED) is 0.785. The number of ketones is 2. The van der Waals surface area contributed by atoms with Gasteiger partial charge < -0.3 is 4.74 Å². The smallest absolute Gasteiger partial charge is 0.171 e. The summed E-state index contributed by atoms with van der Waals surface area (Å²) in [6.45, 7) is 2.19. The van der Waals surface area contributed by atoms with E-state index in [9.17, 15) is 9.59 Å². The first-order valence-electron chi connectivity index (χ1n) is 9.03. The third-order valence-corrected chi connectivity index (χ3v) is 6.53. The predicted octanol–water partition coefficient (Wildman–Crippen LogP) is 4.91. The van der Waals surface area contributed by atoms with Crippen molar-refractivity contribution in [2.24, 2.45) is 23.2 Å². The van der Waals surface area contributed by atoms with E-state index in [0.29, 0.717) is 28.5 Å². The lowest BCUT2D eigenvalue weighted by Crippen LogP contribution is -2.43. The van der Waals surface area contributed by atoms with Gasteiger partial charge >= 0.3 is 0 Å². The molecule has 3 aliphatic carbocycles. The molecule has 4 unspecified atom stereocenters. The molecule has 5 rings (SSSR count). The van der Waals surface area contributed by atoms with Crippen molar-refractivity contribution in [1.82, 2.24) is 0 Å². The van der Waals surface area contributed by atoms with Gasteiger partial charge in [-0.2, -0.15) is 0 Å². The molecule has 0 spiro atoms. The molecule has 0 heterocycles. The highest BCUT2D eigenvalue weighted by molar-refractivity contribution is 6.18. The Kier molecular flexibility index (Phi) is 3.00. The van der Waals surface area contributed by atoms with Crippen LogP contribution in [0.3, 0.4) is 0 Å². The molecule has 0 amide bonds. The van der Waals surface area contributed by atoms with Crippen LogP contribution in [0.2, 0.25) is 0 Å². The largest absolute Gasteiger partial charge is 0.457 e. The Morgan fingerprint density at radius 1 is 1.00 bits per heavy atom. The second kappa shape index (κ2) is 5.04. The number of para-hydroxylation sites is 1. The highest BCUT2D eigenvalue weighted by atomic mass is 16.5. The molecule has 2 aromatic rings. The fourth-order valence-corrected chi connectivity index (χ4v) is 5.48. The summed E-state index contributed by atoms with van der Waals surface area (Å²) in [5, 5.41) is 0. The molecule has 2 fully saturated rings. The zero-order valence-corrected chi connectivity index (χ0v) is 14.2. The van der Waals surface area contributed by atoms with Crippen molar-refractivity contribution in [2.45, 2.75) is 26.2 Å². The third-order valence-electron chi connectivity index (χ3n) is 6.53. The lowest BCUT2D eigenvalue weighted by atomic mass is 9.62. The topological polar surface area (TPSA) is 43.4 Å². The SMILES string of the molecule is CC12CCC(C1)C1C(=O)c3c(Oc4ccccc4)cccc3C(=O)C12. The molecule has 3 heteroatoms. The normalized spacial score (nSPS) is 32.4. The van der Waals surface area contributed by atoms with Gasteiger partial charge in [0.1, 0.15) is 11.5 Å². The molecule has 3 aliphatic rings. The van der Waals surface area contributed by atoms with Crippen LogP contribution in [0.1, 0.15) is 46.9 Å².